The smallest absolute Gasteiger partial charge is 0.306 e. The Hall–Kier alpha value is -0.610. The average molecular weight is 269 g/mol. The van der Waals surface area contributed by atoms with Crippen LogP contribution in [0, 0.1) is 11.8 Å². The molecule has 0 atom stereocenters. The van der Waals surface area contributed by atoms with Crippen LogP contribution in [0.25, 0.3) is 0 Å². The molecule has 0 amide bonds. The molecule has 2 N–H and O–H groups in total. The molecule has 4 heteroatoms. The van der Waals surface area contributed by atoms with Crippen LogP contribution in [0.5, 0.6) is 0 Å². The molecule has 1 saturated carbocycles. The standard InChI is InChI=1S/C15H27NO3/c1-2-12-5-9-16(10-6-12)11-15(19)7-3-13(4-8-15)14(17)18/h12-13,19H,2-11H2,1H3,(H,17,18). The second-order valence-corrected chi connectivity index (χ2v) is 6.46. The van der Waals surface area contributed by atoms with Crippen LogP contribution < -0.4 is 0 Å². The Morgan fingerprint density at radius 1 is 1.21 bits per heavy atom. The Morgan fingerprint density at radius 2 is 1.79 bits per heavy atom. The molecule has 0 radical (unpaired) electrons. The second kappa shape index (κ2) is 6.23. The fraction of sp³-hybridized carbons (Fsp3) is 0.933. The van der Waals surface area contributed by atoms with Gasteiger partial charge < -0.3 is 15.1 Å². The van der Waals surface area contributed by atoms with E-state index in [1.165, 1.54) is 19.3 Å². The molecule has 2 aliphatic rings. The number of aliphatic hydroxyl groups is 1. The highest BCUT2D eigenvalue weighted by Gasteiger charge is 2.37. The van der Waals surface area contributed by atoms with E-state index >= 15 is 0 Å². The third kappa shape index (κ3) is 3.93. The number of nitrogens with zero attached hydrogens (tertiary/aromatic N) is 1. The van der Waals surface area contributed by atoms with E-state index in [1.807, 2.05) is 0 Å². The molecule has 0 aromatic carbocycles. The van der Waals surface area contributed by atoms with E-state index in [4.69, 9.17) is 5.11 Å². The maximum absolute atomic E-state index is 10.9. The minimum absolute atomic E-state index is 0.244. The molecule has 1 saturated heterocycles. The highest BCUT2D eigenvalue weighted by atomic mass is 16.4. The van der Waals surface area contributed by atoms with Crippen LogP contribution in [0.4, 0.5) is 0 Å². The van der Waals surface area contributed by atoms with Crippen molar-refractivity contribution >= 4 is 5.97 Å². The van der Waals surface area contributed by atoms with Gasteiger partial charge in [-0.2, -0.15) is 0 Å². The second-order valence-electron chi connectivity index (χ2n) is 6.46. The van der Waals surface area contributed by atoms with Gasteiger partial charge in [-0.05, 0) is 57.5 Å². The van der Waals surface area contributed by atoms with Gasteiger partial charge in [0, 0.05) is 6.54 Å². The molecule has 0 aromatic rings. The van der Waals surface area contributed by atoms with Crippen molar-refractivity contribution in [3.63, 3.8) is 0 Å². The number of hydrogen-bond acceptors (Lipinski definition) is 3. The predicted molar refractivity (Wildman–Crippen MR) is 74.0 cm³/mol. The van der Waals surface area contributed by atoms with Crippen molar-refractivity contribution in [2.45, 2.75) is 57.5 Å². The van der Waals surface area contributed by atoms with Gasteiger partial charge in [0.2, 0.25) is 0 Å². The minimum Gasteiger partial charge on any atom is -0.481 e. The van der Waals surface area contributed by atoms with E-state index < -0.39 is 11.6 Å². The molecule has 0 bridgehead atoms. The van der Waals surface area contributed by atoms with Crippen molar-refractivity contribution in [1.29, 1.82) is 0 Å². The molecule has 4 nitrogen and oxygen atoms in total. The zero-order valence-electron chi connectivity index (χ0n) is 12.0. The quantitative estimate of drug-likeness (QED) is 0.820. The van der Waals surface area contributed by atoms with E-state index in [0.717, 1.165) is 25.6 Å². The summed E-state index contributed by atoms with van der Waals surface area (Å²) in [7, 11) is 0. The molecule has 2 fully saturated rings. The van der Waals surface area contributed by atoms with E-state index in [1.54, 1.807) is 0 Å². The van der Waals surface area contributed by atoms with Crippen LogP contribution in [0.15, 0.2) is 0 Å². The largest absolute Gasteiger partial charge is 0.481 e. The van der Waals surface area contributed by atoms with Gasteiger partial charge in [0.05, 0.1) is 11.5 Å². The van der Waals surface area contributed by atoms with Gasteiger partial charge in [-0.25, -0.2) is 0 Å². The van der Waals surface area contributed by atoms with Crippen molar-refractivity contribution in [2.75, 3.05) is 19.6 Å². The number of hydrogen-bond donors (Lipinski definition) is 2. The van der Waals surface area contributed by atoms with Gasteiger partial charge in [-0.1, -0.05) is 13.3 Å². The van der Waals surface area contributed by atoms with E-state index in [0.29, 0.717) is 25.7 Å². The molecular weight excluding hydrogens is 242 g/mol. The molecule has 1 heterocycles. The molecule has 0 spiro atoms. The summed E-state index contributed by atoms with van der Waals surface area (Å²) in [4.78, 5) is 13.3. The van der Waals surface area contributed by atoms with Crippen LogP contribution in [0.3, 0.4) is 0 Å². The average Bonchev–Trinajstić information content (AvgIpc) is 2.40. The summed E-state index contributed by atoms with van der Waals surface area (Å²) in [5.41, 5.74) is -0.648. The fourth-order valence-electron chi connectivity index (χ4n) is 3.53. The van der Waals surface area contributed by atoms with Crippen molar-refractivity contribution in [3.05, 3.63) is 0 Å². The number of aliphatic carboxylic acids is 1. The van der Waals surface area contributed by atoms with Gasteiger partial charge >= 0.3 is 5.97 Å². The number of rotatable bonds is 4. The first-order valence-electron chi connectivity index (χ1n) is 7.70. The van der Waals surface area contributed by atoms with Crippen molar-refractivity contribution < 1.29 is 15.0 Å². The first kappa shape index (κ1) is 14.8. The lowest BCUT2D eigenvalue weighted by atomic mass is 9.78. The number of carboxylic acids is 1. The lowest BCUT2D eigenvalue weighted by Crippen LogP contribution is -2.48. The van der Waals surface area contributed by atoms with Gasteiger partial charge in [0.1, 0.15) is 0 Å². The van der Waals surface area contributed by atoms with Crippen LogP contribution in [-0.2, 0) is 4.79 Å². The number of carbonyl (C=O) groups is 1. The molecule has 19 heavy (non-hydrogen) atoms. The minimum atomic E-state index is -0.703. The third-order valence-corrected chi connectivity index (χ3v) is 5.07. The fourth-order valence-corrected chi connectivity index (χ4v) is 3.53. The van der Waals surface area contributed by atoms with Crippen LogP contribution >= 0.6 is 0 Å². The SMILES string of the molecule is CCC1CCN(CC2(O)CCC(C(=O)O)CC2)CC1. The number of likely N-dealkylation sites (tertiary alicyclic amines) is 1. The van der Waals surface area contributed by atoms with Crippen molar-refractivity contribution in [1.82, 2.24) is 4.90 Å². The summed E-state index contributed by atoms with van der Waals surface area (Å²) in [6, 6.07) is 0. The van der Waals surface area contributed by atoms with Crippen LogP contribution in [0.1, 0.15) is 51.9 Å². The monoisotopic (exact) mass is 269 g/mol. The zero-order chi connectivity index (χ0) is 13.9. The zero-order valence-corrected chi connectivity index (χ0v) is 12.0. The predicted octanol–water partition coefficient (Wildman–Crippen LogP) is 2.11. The van der Waals surface area contributed by atoms with Crippen LogP contribution in [0.2, 0.25) is 0 Å². The van der Waals surface area contributed by atoms with Crippen molar-refractivity contribution in [2.24, 2.45) is 11.8 Å². The Morgan fingerprint density at radius 3 is 2.26 bits per heavy atom. The number of carboxylic acid groups (broad SMARTS) is 1. The van der Waals surface area contributed by atoms with Gasteiger partial charge in [0.15, 0.2) is 0 Å². The Labute approximate surface area is 115 Å². The molecule has 0 unspecified atom stereocenters. The molecule has 1 aliphatic heterocycles. The normalized spacial score (nSPS) is 34.3. The first-order chi connectivity index (χ1) is 9.02. The molecule has 1 aliphatic carbocycles. The highest BCUT2D eigenvalue weighted by molar-refractivity contribution is 5.70. The summed E-state index contributed by atoms with van der Waals surface area (Å²) < 4.78 is 0. The Bertz CT molecular complexity index is 303. The molecular formula is C15H27NO3. The topological polar surface area (TPSA) is 60.8 Å². The van der Waals surface area contributed by atoms with E-state index in [-0.39, 0.29) is 5.92 Å². The molecule has 2 rings (SSSR count). The summed E-state index contributed by atoms with van der Waals surface area (Å²) in [6.45, 7) is 5.16. The van der Waals surface area contributed by atoms with E-state index in [2.05, 4.69) is 11.8 Å². The van der Waals surface area contributed by atoms with Crippen molar-refractivity contribution in [3.8, 4) is 0 Å². The number of piperidine rings is 1. The maximum atomic E-state index is 10.9. The van der Waals surface area contributed by atoms with Gasteiger partial charge in [-0.3, -0.25) is 4.79 Å². The first-order valence-corrected chi connectivity index (χ1v) is 7.70. The molecule has 110 valence electrons. The van der Waals surface area contributed by atoms with Gasteiger partial charge in [-0.15, -0.1) is 0 Å². The highest BCUT2D eigenvalue weighted by Crippen LogP contribution is 2.33. The Balaban J connectivity index is 1.78. The summed E-state index contributed by atoms with van der Waals surface area (Å²) in [5, 5.41) is 19.6. The van der Waals surface area contributed by atoms with E-state index in [9.17, 15) is 9.90 Å². The summed E-state index contributed by atoms with van der Waals surface area (Å²) in [5.74, 6) is -0.0921. The third-order valence-electron chi connectivity index (χ3n) is 5.07. The molecule has 0 aromatic heterocycles. The summed E-state index contributed by atoms with van der Waals surface area (Å²) >= 11 is 0. The lowest BCUT2D eigenvalue weighted by Gasteiger charge is -2.41. The van der Waals surface area contributed by atoms with Crippen LogP contribution in [-0.4, -0.2) is 46.3 Å². The maximum Gasteiger partial charge on any atom is 0.306 e. The summed E-state index contributed by atoms with van der Waals surface area (Å²) in [6.07, 6.45) is 6.26. The number of β-amino-alcohol motifs (C(OH)–C–C–N with tert-alkyl or cyclic N) is 1. The lowest BCUT2D eigenvalue weighted by molar-refractivity contribution is -0.145. The Kier molecular flexibility index (Phi) is 4.85. The van der Waals surface area contributed by atoms with Gasteiger partial charge in [0.25, 0.3) is 0 Å².